The molecule has 2 aromatic heterocycles. The van der Waals surface area contributed by atoms with Crippen molar-refractivity contribution in [2.24, 2.45) is 0 Å². The first-order valence-corrected chi connectivity index (χ1v) is 8.59. The first kappa shape index (κ1) is 16.5. The summed E-state index contributed by atoms with van der Waals surface area (Å²) < 4.78 is 0. The van der Waals surface area contributed by atoms with Gasteiger partial charge in [-0.2, -0.15) is 0 Å². The summed E-state index contributed by atoms with van der Waals surface area (Å²) in [6.07, 6.45) is 1.49. The molecule has 7 heteroatoms. The fourth-order valence-corrected chi connectivity index (χ4v) is 3.03. The van der Waals surface area contributed by atoms with Gasteiger partial charge < -0.3 is 0 Å². The Bertz CT molecular complexity index is 861. The zero-order valence-electron chi connectivity index (χ0n) is 13.2. The molecule has 1 N–H and O–H groups in total. The molecule has 0 spiro atoms. The predicted octanol–water partition coefficient (Wildman–Crippen LogP) is 4.63. The van der Waals surface area contributed by atoms with E-state index in [1.165, 1.54) is 29.2 Å². The summed E-state index contributed by atoms with van der Waals surface area (Å²) in [5, 5.41) is 12.4. The molecular formula is C17H15ClN4OS. The molecule has 0 radical (unpaired) electrons. The molecule has 5 nitrogen and oxygen atoms in total. The van der Waals surface area contributed by atoms with Crippen LogP contribution in [0, 0.1) is 0 Å². The highest BCUT2D eigenvalue weighted by atomic mass is 35.5. The Balaban J connectivity index is 1.74. The lowest BCUT2D eigenvalue weighted by Crippen LogP contribution is -2.11. The molecule has 1 amide bonds. The lowest BCUT2D eigenvalue weighted by Gasteiger charge is -2.04. The van der Waals surface area contributed by atoms with E-state index in [9.17, 15) is 4.79 Å². The highest BCUT2D eigenvalue weighted by molar-refractivity contribution is 7.18. The highest BCUT2D eigenvalue weighted by Gasteiger charge is 2.12. The second-order valence-corrected chi connectivity index (χ2v) is 6.88. The number of hydrogen-bond donors (Lipinski definition) is 1. The third kappa shape index (κ3) is 3.77. The number of amides is 1. The molecule has 122 valence electrons. The SMILES string of the molecule is CC(C)c1ccc(-c2nnc(NC(=O)c3ccnc(Cl)c3)s2)cc1. The average molecular weight is 359 g/mol. The number of halogens is 1. The number of carbonyl (C=O) groups excluding carboxylic acids is 1. The number of aromatic nitrogens is 3. The molecule has 3 rings (SSSR count). The van der Waals surface area contributed by atoms with Gasteiger partial charge in [0.2, 0.25) is 5.13 Å². The Labute approximate surface area is 148 Å². The topological polar surface area (TPSA) is 67.8 Å². The van der Waals surface area contributed by atoms with Crippen LogP contribution in [-0.4, -0.2) is 21.1 Å². The van der Waals surface area contributed by atoms with Gasteiger partial charge in [-0.05, 0) is 23.6 Å². The molecule has 0 aliphatic heterocycles. The molecule has 2 heterocycles. The summed E-state index contributed by atoms with van der Waals surface area (Å²) >= 11 is 7.12. The van der Waals surface area contributed by atoms with E-state index in [-0.39, 0.29) is 11.1 Å². The molecule has 0 atom stereocenters. The largest absolute Gasteiger partial charge is 0.296 e. The van der Waals surface area contributed by atoms with Gasteiger partial charge in [-0.25, -0.2) is 4.98 Å². The van der Waals surface area contributed by atoms with Crippen molar-refractivity contribution in [1.29, 1.82) is 0 Å². The van der Waals surface area contributed by atoms with Gasteiger partial charge >= 0.3 is 0 Å². The van der Waals surface area contributed by atoms with Crippen LogP contribution in [0.25, 0.3) is 10.6 Å². The summed E-state index contributed by atoms with van der Waals surface area (Å²) in [6, 6.07) is 11.3. The first-order valence-electron chi connectivity index (χ1n) is 7.39. The number of rotatable bonds is 4. The van der Waals surface area contributed by atoms with Crippen molar-refractivity contribution in [3.8, 4) is 10.6 Å². The number of benzene rings is 1. The van der Waals surface area contributed by atoms with Crippen LogP contribution in [0.4, 0.5) is 5.13 Å². The average Bonchev–Trinajstić information content (AvgIpc) is 3.03. The number of nitrogens with one attached hydrogen (secondary N) is 1. The van der Waals surface area contributed by atoms with Crippen LogP contribution in [0.3, 0.4) is 0 Å². The summed E-state index contributed by atoms with van der Waals surface area (Å²) in [4.78, 5) is 16.0. The minimum atomic E-state index is -0.294. The number of anilines is 1. The molecule has 0 aliphatic rings. The van der Waals surface area contributed by atoms with Crippen molar-refractivity contribution in [1.82, 2.24) is 15.2 Å². The Hall–Kier alpha value is -2.31. The lowest BCUT2D eigenvalue weighted by molar-refractivity contribution is 0.102. The molecule has 0 aliphatic carbocycles. The normalized spacial score (nSPS) is 10.8. The van der Waals surface area contributed by atoms with E-state index in [0.29, 0.717) is 16.6 Å². The molecule has 3 aromatic rings. The van der Waals surface area contributed by atoms with Crippen LogP contribution in [0.5, 0.6) is 0 Å². The first-order chi connectivity index (χ1) is 11.5. The van der Waals surface area contributed by atoms with Crippen molar-refractivity contribution in [3.63, 3.8) is 0 Å². The zero-order chi connectivity index (χ0) is 17.1. The van der Waals surface area contributed by atoms with Crippen LogP contribution in [0.2, 0.25) is 5.15 Å². The summed E-state index contributed by atoms with van der Waals surface area (Å²) in [7, 11) is 0. The van der Waals surface area contributed by atoms with E-state index < -0.39 is 0 Å². The number of pyridine rings is 1. The fraction of sp³-hybridized carbons (Fsp3) is 0.176. The summed E-state index contributed by atoms with van der Waals surface area (Å²) in [6.45, 7) is 4.30. The number of hydrogen-bond acceptors (Lipinski definition) is 5. The van der Waals surface area contributed by atoms with E-state index >= 15 is 0 Å². The predicted molar refractivity (Wildman–Crippen MR) is 96.6 cm³/mol. The van der Waals surface area contributed by atoms with Crippen LogP contribution in [0.1, 0.15) is 35.7 Å². The third-order valence-electron chi connectivity index (χ3n) is 3.46. The number of carbonyl (C=O) groups is 1. The molecule has 0 bridgehead atoms. The minimum absolute atomic E-state index is 0.269. The van der Waals surface area contributed by atoms with Gasteiger partial charge in [-0.1, -0.05) is 61.1 Å². The maximum Gasteiger partial charge on any atom is 0.257 e. The van der Waals surface area contributed by atoms with Crippen LogP contribution in [-0.2, 0) is 0 Å². The quantitative estimate of drug-likeness (QED) is 0.690. The molecule has 24 heavy (non-hydrogen) atoms. The maximum atomic E-state index is 12.2. The number of nitrogens with zero attached hydrogens (tertiary/aromatic N) is 3. The van der Waals surface area contributed by atoms with Gasteiger partial charge in [-0.15, -0.1) is 10.2 Å². The standard InChI is InChI=1S/C17H15ClN4OS/c1-10(2)11-3-5-12(6-4-11)16-21-22-17(24-16)20-15(23)13-7-8-19-14(18)9-13/h3-10H,1-2H3,(H,20,22,23). The molecule has 1 aromatic carbocycles. The maximum absolute atomic E-state index is 12.2. The lowest BCUT2D eigenvalue weighted by atomic mass is 10.0. The Morgan fingerprint density at radius 2 is 1.92 bits per heavy atom. The highest BCUT2D eigenvalue weighted by Crippen LogP contribution is 2.28. The molecule has 0 saturated carbocycles. The Morgan fingerprint density at radius 1 is 1.17 bits per heavy atom. The second kappa shape index (κ2) is 7.07. The van der Waals surface area contributed by atoms with E-state index in [4.69, 9.17) is 11.6 Å². The molecular weight excluding hydrogens is 344 g/mol. The van der Waals surface area contributed by atoms with E-state index in [0.717, 1.165) is 10.6 Å². The molecule has 0 saturated heterocycles. The van der Waals surface area contributed by atoms with Gasteiger partial charge in [-0.3, -0.25) is 10.1 Å². The van der Waals surface area contributed by atoms with E-state index in [1.54, 1.807) is 6.07 Å². The van der Waals surface area contributed by atoms with Crippen molar-refractivity contribution in [3.05, 3.63) is 58.9 Å². The Morgan fingerprint density at radius 3 is 2.58 bits per heavy atom. The monoisotopic (exact) mass is 358 g/mol. The third-order valence-corrected chi connectivity index (χ3v) is 4.55. The smallest absolute Gasteiger partial charge is 0.257 e. The van der Waals surface area contributed by atoms with Crippen molar-refractivity contribution in [2.45, 2.75) is 19.8 Å². The summed E-state index contributed by atoms with van der Waals surface area (Å²) in [5.41, 5.74) is 2.67. The van der Waals surface area contributed by atoms with Crippen molar-refractivity contribution < 1.29 is 4.79 Å². The second-order valence-electron chi connectivity index (χ2n) is 5.51. The zero-order valence-corrected chi connectivity index (χ0v) is 14.7. The van der Waals surface area contributed by atoms with Crippen LogP contribution < -0.4 is 5.32 Å². The van der Waals surface area contributed by atoms with Gasteiger partial charge in [0.25, 0.3) is 5.91 Å². The van der Waals surface area contributed by atoms with Gasteiger partial charge in [0, 0.05) is 17.3 Å². The molecule has 0 unspecified atom stereocenters. The fourth-order valence-electron chi connectivity index (χ4n) is 2.11. The van der Waals surface area contributed by atoms with Gasteiger partial charge in [0.1, 0.15) is 10.2 Å². The molecule has 0 fully saturated rings. The van der Waals surface area contributed by atoms with Crippen molar-refractivity contribution >= 4 is 34.0 Å². The minimum Gasteiger partial charge on any atom is -0.296 e. The van der Waals surface area contributed by atoms with E-state index in [1.807, 2.05) is 12.1 Å². The summed E-state index contributed by atoms with van der Waals surface area (Å²) in [5.74, 6) is 0.188. The van der Waals surface area contributed by atoms with Gasteiger partial charge in [0.05, 0.1) is 0 Å². The van der Waals surface area contributed by atoms with Crippen LogP contribution in [0.15, 0.2) is 42.6 Å². The van der Waals surface area contributed by atoms with Crippen molar-refractivity contribution in [2.75, 3.05) is 5.32 Å². The Kier molecular flexibility index (Phi) is 4.87. The van der Waals surface area contributed by atoms with E-state index in [2.05, 4.69) is 46.5 Å². The van der Waals surface area contributed by atoms with Crippen LogP contribution >= 0.6 is 22.9 Å². The van der Waals surface area contributed by atoms with Gasteiger partial charge in [0.15, 0.2) is 0 Å².